The first-order valence-electron chi connectivity index (χ1n) is 9.49. The van der Waals surface area contributed by atoms with E-state index in [1.165, 1.54) is 103 Å². The SMILES string of the molecule is CCCCCCCCCCCCC(S)CCCCCC. The summed E-state index contributed by atoms with van der Waals surface area (Å²) in [6, 6.07) is 0. The predicted molar refractivity (Wildman–Crippen MR) is 98.0 cm³/mol. The Morgan fingerprint density at radius 2 is 0.800 bits per heavy atom. The van der Waals surface area contributed by atoms with Gasteiger partial charge >= 0.3 is 0 Å². The van der Waals surface area contributed by atoms with Crippen molar-refractivity contribution in [2.24, 2.45) is 0 Å². The van der Waals surface area contributed by atoms with Crippen molar-refractivity contribution in [3.63, 3.8) is 0 Å². The van der Waals surface area contributed by atoms with Crippen molar-refractivity contribution in [2.75, 3.05) is 0 Å². The van der Waals surface area contributed by atoms with Crippen molar-refractivity contribution >= 4 is 12.6 Å². The van der Waals surface area contributed by atoms with Crippen LogP contribution in [-0.2, 0) is 0 Å². The first-order chi connectivity index (χ1) is 9.81. The minimum absolute atomic E-state index is 0.667. The molecule has 0 rings (SSSR count). The van der Waals surface area contributed by atoms with Crippen LogP contribution in [0.5, 0.6) is 0 Å². The second-order valence-electron chi connectivity index (χ2n) is 6.47. The smallest absolute Gasteiger partial charge is 0.00168 e. The van der Waals surface area contributed by atoms with Gasteiger partial charge in [0.1, 0.15) is 0 Å². The van der Waals surface area contributed by atoms with Crippen LogP contribution in [-0.4, -0.2) is 5.25 Å². The van der Waals surface area contributed by atoms with E-state index >= 15 is 0 Å². The van der Waals surface area contributed by atoms with E-state index in [1.54, 1.807) is 0 Å². The quantitative estimate of drug-likeness (QED) is 0.220. The maximum atomic E-state index is 4.72. The normalized spacial score (nSPS) is 12.8. The fourth-order valence-corrected chi connectivity index (χ4v) is 3.18. The van der Waals surface area contributed by atoms with Gasteiger partial charge < -0.3 is 0 Å². The molecule has 122 valence electrons. The number of unbranched alkanes of at least 4 members (excludes halogenated alkanes) is 12. The van der Waals surface area contributed by atoms with Crippen LogP contribution in [0.4, 0.5) is 0 Å². The summed E-state index contributed by atoms with van der Waals surface area (Å²) >= 11 is 4.72. The van der Waals surface area contributed by atoms with Crippen LogP contribution in [0, 0.1) is 0 Å². The van der Waals surface area contributed by atoms with Crippen LogP contribution in [0.2, 0.25) is 0 Å². The van der Waals surface area contributed by atoms with E-state index in [4.69, 9.17) is 12.6 Å². The minimum Gasteiger partial charge on any atom is -0.176 e. The number of rotatable bonds is 16. The van der Waals surface area contributed by atoms with Crippen molar-refractivity contribution < 1.29 is 0 Å². The lowest BCUT2D eigenvalue weighted by atomic mass is 10.0. The van der Waals surface area contributed by atoms with E-state index in [9.17, 15) is 0 Å². The zero-order valence-corrected chi connectivity index (χ0v) is 15.2. The van der Waals surface area contributed by atoms with Gasteiger partial charge in [-0.15, -0.1) is 0 Å². The van der Waals surface area contributed by atoms with Crippen molar-refractivity contribution in [1.29, 1.82) is 0 Å². The zero-order valence-electron chi connectivity index (χ0n) is 14.3. The standard InChI is InChI=1S/C19H40S/c1-3-5-7-9-10-11-12-13-14-16-18-19(20)17-15-8-6-4-2/h19-20H,3-18H2,1-2H3. The summed E-state index contributed by atoms with van der Waals surface area (Å²) in [7, 11) is 0. The third-order valence-corrected chi connectivity index (χ3v) is 4.80. The Morgan fingerprint density at radius 3 is 1.20 bits per heavy atom. The molecule has 0 nitrogen and oxygen atoms in total. The van der Waals surface area contributed by atoms with Gasteiger partial charge in [-0.3, -0.25) is 0 Å². The molecule has 0 heterocycles. The largest absolute Gasteiger partial charge is 0.176 e. The molecule has 20 heavy (non-hydrogen) atoms. The highest BCUT2D eigenvalue weighted by atomic mass is 32.1. The zero-order chi connectivity index (χ0) is 14.9. The molecule has 1 atom stereocenters. The second-order valence-corrected chi connectivity index (χ2v) is 7.20. The number of thiol groups is 1. The highest BCUT2D eigenvalue weighted by Gasteiger charge is 2.02. The molecule has 0 bridgehead atoms. The predicted octanol–water partition coefficient (Wildman–Crippen LogP) is 7.57. The van der Waals surface area contributed by atoms with E-state index < -0.39 is 0 Å². The van der Waals surface area contributed by atoms with Crippen LogP contribution in [0.15, 0.2) is 0 Å². The molecule has 0 aromatic rings. The number of hydrogen-bond donors (Lipinski definition) is 1. The molecule has 0 aromatic heterocycles. The van der Waals surface area contributed by atoms with Gasteiger partial charge in [-0.25, -0.2) is 0 Å². The fourth-order valence-electron chi connectivity index (χ4n) is 2.82. The average Bonchev–Trinajstić information content (AvgIpc) is 2.45. The summed E-state index contributed by atoms with van der Waals surface area (Å²) in [4.78, 5) is 0. The lowest BCUT2D eigenvalue weighted by molar-refractivity contribution is 0.535. The summed E-state index contributed by atoms with van der Waals surface area (Å²) in [5, 5.41) is 0.667. The maximum Gasteiger partial charge on any atom is 0.00168 e. The maximum absolute atomic E-state index is 4.72. The van der Waals surface area contributed by atoms with Crippen LogP contribution in [0.25, 0.3) is 0 Å². The minimum atomic E-state index is 0.667. The van der Waals surface area contributed by atoms with E-state index in [0.717, 1.165) is 0 Å². The van der Waals surface area contributed by atoms with Gasteiger partial charge in [0.25, 0.3) is 0 Å². The Bertz CT molecular complexity index is 167. The highest BCUT2D eigenvalue weighted by molar-refractivity contribution is 7.80. The molecule has 0 aliphatic heterocycles. The molecule has 0 spiro atoms. The van der Waals surface area contributed by atoms with Crippen molar-refractivity contribution in [3.05, 3.63) is 0 Å². The molecule has 0 amide bonds. The van der Waals surface area contributed by atoms with Crippen molar-refractivity contribution in [2.45, 2.75) is 122 Å². The van der Waals surface area contributed by atoms with Gasteiger partial charge in [-0.1, -0.05) is 104 Å². The van der Waals surface area contributed by atoms with Gasteiger partial charge in [0.2, 0.25) is 0 Å². The molecule has 0 saturated heterocycles. The van der Waals surface area contributed by atoms with Crippen LogP contribution < -0.4 is 0 Å². The van der Waals surface area contributed by atoms with Gasteiger partial charge in [-0.05, 0) is 12.8 Å². The van der Waals surface area contributed by atoms with Crippen LogP contribution in [0.3, 0.4) is 0 Å². The summed E-state index contributed by atoms with van der Waals surface area (Å²) < 4.78 is 0. The van der Waals surface area contributed by atoms with E-state index in [0.29, 0.717) is 5.25 Å². The molecule has 0 aliphatic carbocycles. The average molecular weight is 301 g/mol. The third kappa shape index (κ3) is 16.4. The summed E-state index contributed by atoms with van der Waals surface area (Å²) in [6.45, 7) is 4.57. The first-order valence-corrected chi connectivity index (χ1v) is 10.0. The molecule has 1 heteroatoms. The topological polar surface area (TPSA) is 0 Å². The molecule has 0 fully saturated rings. The highest BCUT2D eigenvalue weighted by Crippen LogP contribution is 2.17. The molecule has 0 saturated carbocycles. The van der Waals surface area contributed by atoms with Crippen molar-refractivity contribution in [1.82, 2.24) is 0 Å². The molecule has 0 aliphatic rings. The van der Waals surface area contributed by atoms with Gasteiger partial charge in [0.05, 0.1) is 0 Å². The summed E-state index contributed by atoms with van der Waals surface area (Å²) in [5.41, 5.74) is 0. The number of hydrogen-bond acceptors (Lipinski definition) is 1. The monoisotopic (exact) mass is 300 g/mol. The molecule has 1 unspecified atom stereocenters. The lowest BCUT2D eigenvalue weighted by Crippen LogP contribution is -1.98. The van der Waals surface area contributed by atoms with E-state index in [2.05, 4.69) is 13.8 Å². The second kappa shape index (κ2) is 17.4. The summed E-state index contributed by atoms with van der Waals surface area (Å²) in [6.07, 6.45) is 22.6. The Balaban J connectivity index is 3.07. The van der Waals surface area contributed by atoms with Gasteiger partial charge in [0.15, 0.2) is 0 Å². The van der Waals surface area contributed by atoms with Crippen LogP contribution in [0.1, 0.15) is 117 Å². The first kappa shape index (κ1) is 20.3. The Kier molecular flexibility index (Phi) is 17.7. The van der Waals surface area contributed by atoms with Gasteiger partial charge in [-0.2, -0.15) is 12.6 Å². The Morgan fingerprint density at radius 1 is 0.500 bits per heavy atom. The van der Waals surface area contributed by atoms with Gasteiger partial charge in [0, 0.05) is 5.25 Å². The molecular formula is C19H40S. The molecule has 0 radical (unpaired) electrons. The van der Waals surface area contributed by atoms with E-state index in [-0.39, 0.29) is 0 Å². The molecule has 0 N–H and O–H groups in total. The fraction of sp³-hybridized carbons (Fsp3) is 1.00. The lowest BCUT2D eigenvalue weighted by Gasteiger charge is -2.10. The summed E-state index contributed by atoms with van der Waals surface area (Å²) in [5.74, 6) is 0. The van der Waals surface area contributed by atoms with E-state index in [1.807, 2.05) is 0 Å². The third-order valence-electron chi connectivity index (χ3n) is 4.28. The van der Waals surface area contributed by atoms with Crippen LogP contribution >= 0.6 is 12.6 Å². The molecule has 0 aromatic carbocycles. The van der Waals surface area contributed by atoms with Crippen molar-refractivity contribution in [3.8, 4) is 0 Å². The Hall–Kier alpha value is 0.350. The Labute approximate surface area is 134 Å². The molecular weight excluding hydrogens is 260 g/mol.